The lowest BCUT2D eigenvalue weighted by molar-refractivity contribution is 0.549. The van der Waals surface area contributed by atoms with E-state index >= 15 is 0 Å². The SMILES string of the molecule is CCCC(CCCN)c1ccc(C(C)C)cc1. The zero-order valence-corrected chi connectivity index (χ0v) is 11.6. The summed E-state index contributed by atoms with van der Waals surface area (Å²) in [7, 11) is 0. The Morgan fingerprint density at radius 1 is 1.00 bits per heavy atom. The van der Waals surface area contributed by atoms with Crippen molar-refractivity contribution in [2.75, 3.05) is 6.54 Å². The Balaban J connectivity index is 2.72. The minimum Gasteiger partial charge on any atom is -0.330 e. The van der Waals surface area contributed by atoms with Crippen LogP contribution in [0.25, 0.3) is 0 Å². The topological polar surface area (TPSA) is 26.0 Å². The lowest BCUT2D eigenvalue weighted by atomic mass is 9.89. The van der Waals surface area contributed by atoms with Gasteiger partial charge in [0.25, 0.3) is 0 Å². The van der Waals surface area contributed by atoms with Crippen molar-refractivity contribution in [3.05, 3.63) is 35.4 Å². The molecule has 1 unspecified atom stereocenters. The summed E-state index contributed by atoms with van der Waals surface area (Å²) in [4.78, 5) is 0. The van der Waals surface area contributed by atoms with Crippen LogP contribution in [-0.2, 0) is 0 Å². The predicted octanol–water partition coefficient (Wildman–Crippen LogP) is 4.43. The van der Waals surface area contributed by atoms with E-state index in [0.717, 1.165) is 13.0 Å². The first kappa shape index (κ1) is 14.2. The van der Waals surface area contributed by atoms with E-state index in [1.54, 1.807) is 0 Å². The summed E-state index contributed by atoms with van der Waals surface area (Å²) in [5.41, 5.74) is 8.54. The van der Waals surface area contributed by atoms with Gasteiger partial charge in [0.2, 0.25) is 0 Å². The van der Waals surface area contributed by atoms with Crippen molar-refractivity contribution in [1.82, 2.24) is 0 Å². The van der Waals surface area contributed by atoms with Gasteiger partial charge in [0.05, 0.1) is 0 Å². The van der Waals surface area contributed by atoms with Crippen molar-refractivity contribution in [3.8, 4) is 0 Å². The first-order chi connectivity index (χ1) is 8.19. The van der Waals surface area contributed by atoms with Gasteiger partial charge in [0.1, 0.15) is 0 Å². The molecular formula is C16H27N. The maximum absolute atomic E-state index is 5.61. The third kappa shape index (κ3) is 4.51. The molecule has 0 amide bonds. The van der Waals surface area contributed by atoms with E-state index in [0.29, 0.717) is 11.8 Å². The Morgan fingerprint density at radius 2 is 1.59 bits per heavy atom. The molecule has 0 radical (unpaired) electrons. The van der Waals surface area contributed by atoms with Gasteiger partial charge in [-0.1, -0.05) is 51.5 Å². The molecule has 2 N–H and O–H groups in total. The summed E-state index contributed by atoms with van der Waals surface area (Å²) in [6.07, 6.45) is 4.89. The van der Waals surface area contributed by atoms with Crippen LogP contribution in [0, 0.1) is 0 Å². The van der Waals surface area contributed by atoms with E-state index in [1.807, 2.05) is 0 Å². The molecule has 1 rings (SSSR count). The van der Waals surface area contributed by atoms with Gasteiger partial charge in [-0.25, -0.2) is 0 Å². The second-order valence-corrected chi connectivity index (χ2v) is 5.24. The minimum absolute atomic E-state index is 0.623. The average Bonchev–Trinajstić information content (AvgIpc) is 2.34. The number of rotatable bonds is 7. The highest BCUT2D eigenvalue weighted by molar-refractivity contribution is 5.27. The molecule has 0 aliphatic carbocycles. The van der Waals surface area contributed by atoms with Crippen molar-refractivity contribution in [1.29, 1.82) is 0 Å². The molecule has 1 nitrogen and oxygen atoms in total. The quantitative estimate of drug-likeness (QED) is 0.740. The molecule has 0 saturated heterocycles. The predicted molar refractivity (Wildman–Crippen MR) is 76.5 cm³/mol. The summed E-state index contributed by atoms with van der Waals surface area (Å²) < 4.78 is 0. The molecule has 1 aromatic carbocycles. The summed E-state index contributed by atoms with van der Waals surface area (Å²) in [6, 6.07) is 9.19. The van der Waals surface area contributed by atoms with Crippen LogP contribution in [0.5, 0.6) is 0 Å². The van der Waals surface area contributed by atoms with Crippen molar-refractivity contribution in [2.45, 2.75) is 58.3 Å². The van der Waals surface area contributed by atoms with Gasteiger partial charge in [0, 0.05) is 0 Å². The molecule has 1 atom stereocenters. The van der Waals surface area contributed by atoms with E-state index in [2.05, 4.69) is 45.0 Å². The summed E-state index contributed by atoms with van der Waals surface area (Å²) >= 11 is 0. The highest BCUT2D eigenvalue weighted by atomic mass is 14.5. The van der Waals surface area contributed by atoms with Crippen LogP contribution < -0.4 is 5.73 Å². The average molecular weight is 233 g/mol. The fourth-order valence-corrected chi connectivity index (χ4v) is 2.34. The van der Waals surface area contributed by atoms with Gasteiger partial charge in [-0.3, -0.25) is 0 Å². The van der Waals surface area contributed by atoms with Crippen LogP contribution in [-0.4, -0.2) is 6.54 Å². The second-order valence-electron chi connectivity index (χ2n) is 5.24. The third-order valence-electron chi connectivity index (χ3n) is 3.47. The van der Waals surface area contributed by atoms with Crippen molar-refractivity contribution in [2.24, 2.45) is 5.73 Å². The normalized spacial score (nSPS) is 13.0. The fourth-order valence-electron chi connectivity index (χ4n) is 2.34. The summed E-state index contributed by atoms with van der Waals surface area (Å²) in [6.45, 7) is 7.56. The summed E-state index contributed by atoms with van der Waals surface area (Å²) in [5, 5.41) is 0. The first-order valence-corrected chi connectivity index (χ1v) is 6.99. The first-order valence-electron chi connectivity index (χ1n) is 6.99. The molecular weight excluding hydrogens is 206 g/mol. The van der Waals surface area contributed by atoms with Gasteiger partial charge in [-0.2, -0.15) is 0 Å². The van der Waals surface area contributed by atoms with Gasteiger partial charge < -0.3 is 5.73 Å². The maximum atomic E-state index is 5.61. The van der Waals surface area contributed by atoms with E-state index in [-0.39, 0.29) is 0 Å². The van der Waals surface area contributed by atoms with Crippen LogP contribution in [0.3, 0.4) is 0 Å². The van der Waals surface area contributed by atoms with Crippen LogP contribution in [0.15, 0.2) is 24.3 Å². The lowest BCUT2D eigenvalue weighted by Gasteiger charge is -2.17. The molecule has 0 saturated carbocycles. The standard InChI is InChI=1S/C16H27N/c1-4-6-15(7-5-12-17)16-10-8-14(9-11-16)13(2)3/h8-11,13,15H,4-7,12,17H2,1-3H3. The Labute approximate surface area is 106 Å². The van der Waals surface area contributed by atoms with Gasteiger partial charge in [-0.15, -0.1) is 0 Å². The largest absolute Gasteiger partial charge is 0.330 e. The Kier molecular flexibility index (Phi) is 6.28. The molecule has 17 heavy (non-hydrogen) atoms. The zero-order chi connectivity index (χ0) is 12.7. The fraction of sp³-hybridized carbons (Fsp3) is 0.625. The highest BCUT2D eigenvalue weighted by Crippen LogP contribution is 2.27. The monoisotopic (exact) mass is 233 g/mol. The zero-order valence-electron chi connectivity index (χ0n) is 11.6. The summed E-state index contributed by atoms with van der Waals surface area (Å²) in [5.74, 6) is 1.32. The van der Waals surface area contributed by atoms with Crippen molar-refractivity contribution >= 4 is 0 Å². The number of nitrogens with two attached hydrogens (primary N) is 1. The Bertz CT molecular complexity index is 300. The van der Waals surface area contributed by atoms with E-state index in [9.17, 15) is 0 Å². The molecule has 0 spiro atoms. The second kappa shape index (κ2) is 7.50. The number of hydrogen-bond donors (Lipinski definition) is 1. The van der Waals surface area contributed by atoms with Crippen LogP contribution in [0.2, 0.25) is 0 Å². The number of hydrogen-bond acceptors (Lipinski definition) is 1. The van der Waals surface area contributed by atoms with Crippen molar-refractivity contribution in [3.63, 3.8) is 0 Å². The molecule has 96 valence electrons. The maximum Gasteiger partial charge on any atom is -0.00771 e. The van der Waals surface area contributed by atoms with E-state index in [4.69, 9.17) is 5.73 Å². The molecule has 0 aromatic heterocycles. The number of benzene rings is 1. The molecule has 0 aliphatic rings. The van der Waals surface area contributed by atoms with Gasteiger partial charge in [0.15, 0.2) is 0 Å². The van der Waals surface area contributed by atoms with Crippen molar-refractivity contribution < 1.29 is 0 Å². The molecule has 1 heteroatoms. The minimum atomic E-state index is 0.623. The molecule has 0 bridgehead atoms. The molecule has 1 aromatic rings. The highest BCUT2D eigenvalue weighted by Gasteiger charge is 2.10. The van der Waals surface area contributed by atoms with Gasteiger partial charge in [-0.05, 0) is 48.8 Å². The van der Waals surface area contributed by atoms with E-state index in [1.165, 1.54) is 30.4 Å². The Morgan fingerprint density at radius 3 is 2.06 bits per heavy atom. The van der Waals surface area contributed by atoms with Crippen LogP contribution in [0.4, 0.5) is 0 Å². The Hall–Kier alpha value is -0.820. The molecule has 0 fully saturated rings. The third-order valence-corrected chi connectivity index (χ3v) is 3.47. The lowest BCUT2D eigenvalue weighted by Crippen LogP contribution is -2.04. The van der Waals surface area contributed by atoms with Crippen LogP contribution in [0.1, 0.15) is 69.4 Å². The molecule has 0 aliphatic heterocycles. The molecule has 0 heterocycles. The van der Waals surface area contributed by atoms with E-state index < -0.39 is 0 Å². The smallest absolute Gasteiger partial charge is 0.00771 e. The van der Waals surface area contributed by atoms with Gasteiger partial charge >= 0.3 is 0 Å². The van der Waals surface area contributed by atoms with Crippen LogP contribution >= 0.6 is 0 Å².